The van der Waals surface area contributed by atoms with Gasteiger partial charge in [0.2, 0.25) is 0 Å². The standard InChI is InChI=1S/C23H22ClNOS/c24-21-13-4-5-14-22(21)27-17-19-10-6-12-20(16-19)23(26)25-15-7-11-18-8-2-1-3-9-18/h1-6,8-10,12-14,16H,7,11,15,17H2,(H,25,26). The Hall–Kier alpha value is -2.23. The highest BCUT2D eigenvalue weighted by molar-refractivity contribution is 7.98. The van der Waals surface area contributed by atoms with Crippen LogP contribution in [0.1, 0.15) is 27.9 Å². The molecule has 1 amide bonds. The number of aryl methyl sites for hydroxylation is 1. The summed E-state index contributed by atoms with van der Waals surface area (Å²) >= 11 is 7.88. The summed E-state index contributed by atoms with van der Waals surface area (Å²) < 4.78 is 0. The highest BCUT2D eigenvalue weighted by Gasteiger charge is 2.07. The molecule has 0 radical (unpaired) electrons. The number of hydrogen-bond acceptors (Lipinski definition) is 2. The van der Waals surface area contributed by atoms with Crippen molar-refractivity contribution in [2.45, 2.75) is 23.5 Å². The van der Waals surface area contributed by atoms with E-state index in [-0.39, 0.29) is 5.91 Å². The maximum Gasteiger partial charge on any atom is 0.251 e. The van der Waals surface area contributed by atoms with Gasteiger partial charge in [0.1, 0.15) is 0 Å². The van der Waals surface area contributed by atoms with Gasteiger partial charge >= 0.3 is 0 Å². The summed E-state index contributed by atoms with van der Waals surface area (Å²) in [5.41, 5.74) is 3.11. The fraction of sp³-hybridized carbons (Fsp3) is 0.174. The maximum absolute atomic E-state index is 12.4. The van der Waals surface area contributed by atoms with E-state index in [1.54, 1.807) is 11.8 Å². The van der Waals surface area contributed by atoms with Crippen LogP contribution in [0.2, 0.25) is 5.02 Å². The lowest BCUT2D eigenvalue weighted by Crippen LogP contribution is -2.24. The molecule has 0 bridgehead atoms. The van der Waals surface area contributed by atoms with Crippen molar-refractivity contribution < 1.29 is 4.79 Å². The molecule has 3 rings (SSSR count). The van der Waals surface area contributed by atoms with Crippen LogP contribution in [0, 0.1) is 0 Å². The Balaban J connectivity index is 1.49. The molecule has 0 saturated heterocycles. The predicted octanol–water partition coefficient (Wildman–Crippen LogP) is 5.99. The fourth-order valence-electron chi connectivity index (χ4n) is 2.77. The van der Waals surface area contributed by atoms with Crippen LogP contribution >= 0.6 is 23.4 Å². The van der Waals surface area contributed by atoms with Gasteiger partial charge in [-0.25, -0.2) is 0 Å². The van der Waals surface area contributed by atoms with E-state index in [0.717, 1.165) is 34.1 Å². The quantitative estimate of drug-likeness (QED) is 0.374. The summed E-state index contributed by atoms with van der Waals surface area (Å²) in [6.45, 7) is 0.673. The molecule has 0 fully saturated rings. The van der Waals surface area contributed by atoms with Crippen LogP contribution in [-0.2, 0) is 12.2 Å². The van der Waals surface area contributed by atoms with Crippen LogP contribution in [-0.4, -0.2) is 12.5 Å². The summed E-state index contributed by atoms with van der Waals surface area (Å²) in [5.74, 6) is 0.756. The second-order valence-corrected chi connectivity index (χ2v) is 7.69. The number of amides is 1. The van der Waals surface area contributed by atoms with Crippen LogP contribution in [0.5, 0.6) is 0 Å². The van der Waals surface area contributed by atoms with Gasteiger partial charge in [-0.15, -0.1) is 11.8 Å². The molecule has 0 heterocycles. The van der Waals surface area contributed by atoms with E-state index in [1.165, 1.54) is 5.56 Å². The minimum atomic E-state index is -0.0207. The number of rotatable bonds is 8. The largest absolute Gasteiger partial charge is 0.352 e. The summed E-state index contributed by atoms with van der Waals surface area (Å²) in [4.78, 5) is 13.4. The van der Waals surface area contributed by atoms with Crippen molar-refractivity contribution in [3.63, 3.8) is 0 Å². The summed E-state index contributed by atoms with van der Waals surface area (Å²) in [6, 6.07) is 25.9. The lowest BCUT2D eigenvalue weighted by molar-refractivity contribution is 0.0953. The second-order valence-electron chi connectivity index (χ2n) is 6.26. The molecule has 3 aromatic carbocycles. The Morgan fingerprint density at radius 1 is 0.889 bits per heavy atom. The lowest BCUT2D eigenvalue weighted by Gasteiger charge is -2.08. The van der Waals surface area contributed by atoms with Crippen molar-refractivity contribution in [2.24, 2.45) is 0 Å². The zero-order chi connectivity index (χ0) is 18.9. The zero-order valence-corrected chi connectivity index (χ0v) is 16.6. The van der Waals surface area contributed by atoms with Gasteiger partial charge in [-0.1, -0.05) is 66.2 Å². The molecule has 138 valence electrons. The third-order valence-electron chi connectivity index (χ3n) is 4.19. The maximum atomic E-state index is 12.4. The first-order valence-electron chi connectivity index (χ1n) is 9.01. The first kappa shape index (κ1) is 19.5. The molecule has 2 nitrogen and oxygen atoms in total. The smallest absolute Gasteiger partial charge is 0.251 e. The molecule has 0 unspecified atom stereocenters. The molecule has 0 atom stereocenters. The third-order valence-corrected chi connectivity index (χ3v) is 5.78. The van der Waals surface area contributed by atoms with E-state index in [4.69, 9.17) is 11.6 Å². The molecule has 0 aromatic heterocycles. The van der Waals surface area contributed by atoms with Crippen molar-refractivity contribution in [3.05, 3.63) is 101 Å². The fourth-order valence-corrected chi connectivity index (χ4v) is 3.95. The van der Waals surface area contributed by atoms with Crippen molar-refractivity contribution in [1.82, 2.24) is 5.32 Å². The van der Waals surface area contributed by atoms with Gasteiger partial charge < -0.3 is 5.32 Å². The molecule has 0 aliphatic heterocycles. The van der Waals surface area contributed by atoms with Crippen LogP contribution in [0.15, 0.2) is 83.8 Å². The van der Waals surface area contributed by atoms with Crippen LogP contribution in [0.4, 0.5) is 0 Å². The first-order chi connectivity index (χ1) is 13.2. The molecule has 0 saturated carbocycles. The number of carbonyl (C=O) groups is 1. The Bertz CT molecular complexity index is 882. The predicted molar refractivity (Wildman–Crippen MR) is 115 cm³/mol. The Kier molecular flexibility index (Phi) is 7.37. The molecule has 27 heavy (non-hydrogen) atoms. The average Bonchev–Trinajstić information content (AvgIpc) is 2.71. The molecule has 1 N–H and O–H groups in total. The van der Waals surface area contributed by atoms with Crippen molar-refractivity contribution in [2.75, 3.05) is 6.54 Å². The zero-order valence-electron chi connectivity index (χ0n) is 15.0. The summed E-state index contributed by atoms with van der Waals surface area (Å²) in [5, 5.41) is 3.77. The van der Waals surface area contributed by atoms with Crippen molar-refractivity contribution >= 4 is 29.3 Å². The van der Waals surface area contributed by atoms with Gasteiger partial charge in [0, 0.05) is 22.8 Å². The van der Waals surface area contributed by atoms with Gasteiger partial charge in [0.05, 0.1) is 5.02 Å². The number of thioether (sulfide) groups is 1. The van der Waals surface area contributed by atoms with E-state index in [0.29, 0.717) is 12.1 Å². The number of hydrogen-bond donors (Lipinski definition) is 1. The van der Waals surface area contributed by atoms with Crippen LogP contribution < -0.4 is 5.32 Å². The van der Waals surface area contributed by atoms with Crippen LogP contribution in [0.3, 0.4) is 0 Å². The highest BCUT2D eigenvalue weighted by Crippen LogP contribution is 2.29. The molecule has 3 aromatic rings. The SMILES string of the molecule is O=C(NCCCc1ccccc1)c1cccc(CSc2ccccc2Cl)c1. The lowest BCUT2D eigenvalue weighted by atomic mass is 10.1. The van der Waals surface area contributed by atoms with E-state index in [9.17, 15) is 4.79 Å². The molecule has 0 spiro atoms. The van der Waals surface area contributed by atoms with Crippen molar-refractivity contribution in [3.8, 4) is 0 Å². The monoisotopic (exact) mass is 395 g/mol. The van der Waals surface area contributed by atoms with Gasteiger partial charge in [-0.2, -0.15) is 0 Å². The normalized spacial score (nSPS) is 10.6. The van der Waals surface area contributed by atoms with Gasteiger partial charge in [-0.05, 0) is 48.2 Å². The van der Waals surface area contributed by atoms with Gasteiger partial charge in [0.15, 0.2) is 0 Å². The van der Waals surface area contributed by atoms with E-state index < -0.39 is 0 Å². The van der Waals surface area contributed by atoms with E-state index in [2.05, 4.69) is 17.4 Å². The van der Waals surface area contributed by atoms with E-state index in [1.807, 2.05) is 66.7 Å². The average molecular weight is 396 g/mol. The molecular weight excluding hydrogens is 374 g/mol. The highest BCUT2D eigenvalue weighted by atomic mass is 35.5. The number of nitrogens with one attached hydrogen (secondary N) is 1. The van der Waals surface area contributed by atoms with Crippen LogP contribution in [0.25, 0.3) is 0 Å². The minimum Gasteiger partial charge on any atom is -0.352 e. The second kappa shape index (κ2) is 10.2. The topological polar surface area (TPSA) is 29.1 Å². The Labute approximate surface area is 170 Å². The van der Waals surface area contributed by atoms with Gasteiger partial charge in [-0.3, -0.25) is 4.79 Å². The number of halogens is 1. The first-order valence-corrected chi connectivity index (χ1v) is 10.4. The molecule has 4 heteroatoms. The number of benzene rings is 3. The summed E-state index contributed by atoms with van der Waals surface area (Å²) in [6.07, 6.45) is 1.90. The Morgan fingerprint density at radius 3 is 2.44 bits per heavy atom. The number of carbonyl (C=O) groups excluding carboxylic acids is 1. The minimum absolute atomic E-state index is 0.0207. The Morgan fingerprint density at radius 2 is 1.63 bits per heavy atom. The summed E-state index contributed by atoms with van der Waals surface area (Å²) in [7, 11) is 0. The molecular formula is C23H22ClNOS. The molecule has 0 aliphatic rings. The molecule has 0 aliphatic carbocycles. The van der Waals surface area contributed by atoms with Gasteiger partial charge in [0.25, 0.3) is 5.91 Å². The van der Waals surface area contributed by atoms with Crippen molar-refractivity contribution in [1.29, 1.82) is 0 Å². The third kappa shape index (κ3) is 6.16. The van der Waals surface area contributed by atoms with E-state index >= 15 is 0 Å².